The Morgan fingerprint density at radius 2 is 1.37 bits per heavy atom. The number of phenolic OH excluding ortho intramolecular Hbond substituents is 2. The number of nitrogens with zero attached hydrogens (tertiary/aromatic N) is 1. The zero-order chi connectivity index (χ0) is 18.8. The average Bonchev–Trinajstić information content (AvgIpc) is 2.68. The van der Waals surface area contributed by atoms with E-state index in [4.69, 9.17) is 0 Å². The average molecular weight is 357 g/mol. The number of phenols is 2. The number of hydrogen-bond donors (Lipinski definition) is 2. The highest BCUT2D eigenvalue weighted by Crippen LogP contribution is 2.34. The fourth-order valence-corrected chi connectivity index (χ4v) is 3.01. The van der Waals surface area contributed by atoms with Crippen LogP contribution in [0.3, 0.4) is 0 Å². The Hall–Kier alpha value is -3.66. The molecule has 27 heavy (non-hydrogen) atoms. The summed E-state index contributed by atoms with van der Waals surface area (Å²) in [6.07, 6.45) is 0. The molecule has 0 amide bonds. The number of pyridine rings is 1. The minimum Gasteiger partial charge on any atom is -0.508 e. The molecular formula is C23H16FNO2. The molecule has 0 spiro atoms. The molecule has 4 heteroatoms. The molecule has 2 N–H and O–H groups in total. The normalized spacial score (nSPS) is 10.7. The first-order valence-electron chi connectivity index (χ1n) is 8.46. The van der Waals surface area contributed by atoms with Gasteiger partial charge < -0.3 is 10.2 Å². The molecule has 0 aliphatic heterocycles. The first kappa shape index (κ1) is 16.8. The van der Waals surface area contributed by atoms with Crippen molar-refractivity contribution in [2.24, 2.45) is 0 Å². The van der Waals surface area contributed by atoms with E-state index < -0.39 is 0 Å². The van der Waals surface area contributed by atoms with Gasteiger partial charge in [-0.05, 0) is 59.7 Å². The molecular weight excluding hydrogens is 341 g/mol. The van der Waals surface area contributed by atoms with Crippen LogP contribution < -0.4 is 0 Å². The molecule has 1 aromatic heterocycles. The number of halogens is 1. The van der Waals surface area contributed by atoms with Crippen molar-refractivity contribution in [3.05, 3.63) is 90.7 Å². The van der Waals surface area contributed by atoms with Crippen LogP contribution in [0.1, 0.15) is 0 Å². The zero-order valence-electron chi connectivity index (χ0n) is 14.3. The lowest BCUT2D eigenvalue weighted by Crippen LogP contribution is -1.92. The molecule has 0 bridgehead atoms. The number of para-hydroxylation sites is 1. The minimum atomic E-state index is -0.327. The molecule has 4 rings (SSSR count). The van der Waals surface area contributed by atoms with Crippen molar-refractivity contribution >= 4 is 0 Å². The molecule has 0 radical (unpaired) electrons. The van der Waals surface area contributed by atoms with Crippen molar-refractivity contribution in [1.82, 2.24) is 4.98 Å². The van der Waals surface area contributed by atoms with Crippen LogP contribution in [0.25, 0.3) is 33.6 Å². The molecule has 0 aliphatic carbocycles. The van der Waals surface area contributed by atoms with Crippen LogP contribution >= 0.6 is 0 Å². The molecule has 0 unspecified atom stereocenters. The second kappa shape index (κ2) is 6.92. The monoisotopic (exact) mass is 357 g/mol. The van der Waals surface area contributed by atoms with Crippen molar-refractivity contribution in [2.45, 2.75) is 0 Å². The topological polar surface area (TPSA) is 53.4 Å². The number of hydrogen-bond acceptors (Lipinski definition) is 3. The SMILES string of the molecule is Oc1cccc(-c2cc(-c3cccc(F)c3)cc(-c3ccccc3O)n2)c1. The largest absolute Gasteiger partial charge is 0.508 e. The molecule has 0 saturated heterocycles. The molecule has 4 aromatic rings. The molecule has 0 aliphatic rings. The van der Waals surface area contributed by atoms with E-state index in [1.807, 2.05) is 30.3 Å². The van der Waals surface area contributed by atoms with Gasteiger partial charge in [-0.1, -0.05) is 36.4 Å². The van der Waals surface area contributed by atoms with E-state index in [1.165, 1.54) is 12.1 Å². The Morgan fingerprint density at radius 1 is 0.630 bits per heavy atom. The van der Waals surface area contributed by atoms with E-state index in [2.05, 4.69) is 4.98 Å². The summed E-state index contributed by atoms with van der Waals surface area (Å²) in [6.45, 7) is 0. The summed E-state index contributed by atoms with van der Waals surface area (Å²) in [6, 6.07) is 23.7. The van der Waals surface area contributed by atoms with Crippen molar-refractivity contribution in [3.8, 4) is 45.1 Å². The highest BCUT2D eigenvalue weighted by molar-refractivity contribution is 5.78. The lowest BCUT2D eigenvalue weighted by Gasteiger charge is -2.11. The van der Waals surface area contributed by atoms with Crippen LogP contribution in [0.2, 0.25) is 0 Å². The lowest BCUT2D eigenvalue weighted by atomic mass is 9.99. The molecule has 0 fully saturated rings. The van der Waals surface area contributed by atoms with Crippen molar-refractivity contribution in [1.29, 1.82) is 0 Å². The van der Waals surface area contributed by atoms with Gasteiger partial charge in [0, 0.05) is 11.1 Å². The quantitative estimate of drug-likeness (QED) is 0.499. The first-order valence-corrected chi connectivity index (χ1v) is 8.46. The minimum absolute atomic E-state index is 0.114. The standard InChI is InChI=1S/C23H16FNO2/c24-18-7-3-5-15(11-18)17-13-21(16-6-4-8-19(26)12-16)25-22(14-17)20-9-1-2-10-23(20)27/h1-14,26-27H. The van der Waals surface area contributed by atoms with E-state index in [0.29, 0.717) is 22.5 Å². The maximum atomic E-state index is 13.7. The van der Waals surface area contributed by atoms with Gasteiger partial charge in [-0.15, -0.1) is 0 Å². The summed E-state index contributed by atoms with van der Waals surface area (Å²) >= 11 is 0. The molecule has 0 atom stereocenters. The van der Waals surface area contributed by atoms with Gasteiger partial charge in [0.05, 0.1) is 11.4 Å². The van der Waals surface area contributed by atoms with Crippen LogP contribution in [0.15, 0.2) is 84.9 Å². The van der Waals surface area contributed by atoms with Gasteiger partial charge in [0.25, 0.3) is 0 Å². The van der Waals surface area contributed by atoms with Crippen LogP contribution in [-0.4, -0.2) is 15.2 Å². The van der Waals surface area contributed by atoms with E-state index in [-0.39, 0.29) is 17.3 Å². The van der Waals surface area contributed by atoms with Crippen molar-refractivity contribution in [3.63, 3.8) is 0 Å². The number of aromatic nitrogens is 1. The Labute approximate surface area is 156 Å². The molecule has 132 valence electrons. The molecule has 3 nitrogen and oxygen atoms in total. The second-order valence-electron chi connectivity index (χ2n) is 6.20. The Balaban J connectivity index is 1.95. The van der Waals surface area contributed by atoms with E-state index >= 15 is 0 Å². The Bertz CT molecular complexity index is 1060. The fourth-order valence-electron chi connectivity index (χ4n) is 3.01. The van der Waals surface area contributed by atoms with E-state index in [0.717, 1.165) is 11.1 Å². The summed E-state index contributed by atoms with van der Waals surface area (Å²) in [7, 11) is 0. The summed E-state index contributed by atoms with van der Waals surface area (Å²) in [5, 5.41) is 20.0. The van der Waals surface area contributed by atoms with Gasteiger partial charge in [-0.3, -0.25) is 0 Å². The number of rotatable bonds is 3. The van der Waals surface area contributed by atoms with Gasteiger partial charge in [0.15, 0.2) is 0 Å². The Morgan fingerprint density at radius 3 is 2.15 bits per heavy atom. The van der Waals surface area contributed by atoms with Crippen LogP contribution in [0.4, 0.5) is 4.39 Å². The second-order valence-corrected chi connectivity index (χ2v) is 6.20. The third-order valence-electron chi connectivity index (χ3n) is 4.31. The predicted molar refractivity (Wildman–Crippen MR) is 104 cm³/mol. The number of aromatic hydroxyl groups is 2. The number of benzene rings is 3. The Kier molecular flexibility index (Phi) is 4.30. The van der Waals surface area contributed by atoms with Gasteiger partial charge in [-0.25, -0.2) is 9.37 Å². The molecule has 1 heterocycles. The van der Waals surface area contributed by atoms with Crippen LogP contribution in [0.5, 0.6) is 11.5 Å². The zero-order valence-corrected chi connectivity index (χ0v) is 14.3. The highest BCUT2D eigenvalue weighted by atomic mass is 19.1. The van der Waals surface area contributed by atoms with Gasteiger partial charge in [0.2, 0.25) is 0 Å². The van der Waals surface area contributed by atoms with Crippen LogP contribution in [-0.2, 0) is 0 Å². The third-order valence-corrected chi connectivity index (χ3v) is 4.31. The van der Waals surface area contributed by atoms with E-state index in [1.54, 1.807) is 42.5 Å². The van der Waals surface area contributed by atoms with Crippen LogP contribution in [0, 0.1) is 5.82 Å². The third kappa shape index (κ3) is 3.51. The highest BCUT2D eigenvalue weighted by Gasteiger charge is 2.12. The summed E-state index contributed by atoms with van der Waals surface area (Å²) < 4.78 is 13.7. The summed E-state index contributed by atoms with van der Waals surface area (Å²) in [5.41, 5.74) is 3.96. The predicted octanol–water partition coefficient (Wildman–Crippen LogP) is 5.63. The lowest BCUT2D eigenvalue weighted by molar-refractivity contribution is 0.475. The van der Waals surface area contributed by atoms with Crippen molar-refractivity contribution < 1.29 is 14.6 Å². The first-order chi connectivity index (χ1) is 13.1. The maximum Gasteiger partial charge on any atom is 0.124 e. The summed E-state index contributed by atoms with van der Waals surface area (Å²) in [4.78, 5) is 4.66. The van der Waals surface area contributed by atoms with Gasteiger partial charge in [-0.2, -0.15) is 0 Å². The fraction of sp³-hybridized carbons (Fsp3) is 0. The molecule has 3 aromatic carbocycles. The van der Waals surface area contributed by atoms with Gasteiger partial charge in [0.1, 0.15) is 17.3 Å². The summed E-state index contributed by atoms with van der Waals surface area (Å²) in [5.74, 6) is -0.0786. The smallest absolute Gasteiger partial charge is 0.124 e. The van der Waals surface area contributed by atoms with Crippen molar-refractivity contribution in [2.75, 3.05) is 0 Å². The maximum absolute atomic E-state index is 13.7. The van der Waals surface area contributed by atoms with E-state index in [9.17, 15) is 14.6 Å². The van der Waals surface area contributed by atoms with Gasteiger partial charge >= 0.3 is 0 Å². The molecule has 0 saturated carbocycles.